The molecule has 8 heteroatoms. The summed E-state index contributed by atoms with van der Waals surface area (Å²) in [7, 11) is -3.29. The molecule has 0 N–H and O–H groups in total. The van der Waals surface area contributed by atoms with Crippen molar-refractivity contribution in [2.75, 3.05) is 19.3 Å². The first kappa shape index (κ1) is 20.0. The van der Waals surface area contributed by atoms with Gasteiger partial charge in [0.1, 0.15) is 6.10 Å². The molecule has 1 aromatic carbocycles. The van der Waals surface area contributed by atoms with Crippen LogP contribution in [0.5, 0.6) is 0 Å². The SMILES string of the molecule is Cc1cccc(CCCN(C[C@H]2CC[C@@H](c3nc(C)no3)O2)S(C)(=O)=O)c1. The molecule has 1 fully saturated rings. The fraction of sp³-hybridized carbons (Fsp3) is 0.579. The predicted octanol–water partition coefficient (Wildman–Crippen LogP) is 2.80. The van der Waals surface area contributed by atoms with Gasteiger partial charge in [0, 0.05) is 13.1 Å². The third-order valence-corrected chi connectivity index (χ3v) is 6.03. The zero-order valence-electron chi connectivity index (χ0n) is 16.1. The smallest absolute Gasteiger partial charge is 0.255 e. The monoisotopic (exact) mass is 393 g/mol. The lowest BCUT2D eigenvalue weighted by molar-refractivity contribution is 0.0178. The maximum Gasteiger partial charge on any atom is 0.255 e. The summed E-state index contributed by atoms with van der Waals surface area (Å²) in [6, 6.07) is 8.31. The van der Waals surface area contributed by atoms with Crippen LogP contribution in [-0.4, -0.2) is 48.3 Å². The van der Waals surface area contributed by atoms with Crippen molar-refractivity contribution in [3.63, 3.8) is 0 Å². The lowest BCUT2D eigenvalue weighted by Crippen LogP contribution is -2.37. The minimum atomic E-state index is -3.29. The van der Waals surface area contributed by atoms with Gasteiger partial charge < -0.3 is 9.26 Å². The molecule has 0 aliphatic carbocycles. The molecule has 0 spiro atoms. The van der Waals surface area contributed by atoms with Gasteiger partial charge in [0.2, 0.25) is 10.0 Å². The molecule has 0 saturated carbocycles. The van der Waals surface area contributed by atoms with Gasteiger partial charge in [0.05, 0.1) is 12.4 Å². The number of benzene rings is 1. The molecule has 0 radical (unpaired) electrons. The lowest BCUT2D eigenvalue weighted by atomic mass is 10.1. The van der Waals surface area contributed by atoms with E-state index in [1.165, 1.54) is 21.7 Å². The number of aromatic nitrogens is 2. The Labute approximate surface area is 160 Å². The average Bonchev–Trinajstić information content (AvgIpc) is 3.22. The molecular weight excluding hydrogens is 366 g/mol. The van der Waals surface area contributed by atoms with E-state index in [1.54, 1.807) is 6.92 Å². The van der Waals surface area contributed by atoms with Gasteiger partial charge in [0.15, 0.2) is 5.82 Å². The van der Waals surface area contributed by atoms with E-state index in [2.05, 4.69) is 35.3 Å². The quantitative estimate of drug-likeness (QED) is 0.685. The van der Waals surface area contributed by atoms with Crippen LogP contribution in [0, 0.1) is 13.8 Å². The summed E-state index contributed by atoms with van der Waals surface area (Å²) in [6.45, 7) is 4.66. The summed E-state index contributed by atoms with van der Waals surface area (Å²) < 4.78 is 37.1. The van der Waals surface area contributed by atoms with Crippen LogP contribution in [-0.2, 0) is 21.2 Å². The summed E-state index contributed by atoms with van der Waals surface area (Å²) in [5, 5.41) is 3.79. The van der Waals surface area contributed by atoms with E-state index in [0.717, 1.165) is 25.7 Å². The summed E-state index contributed by atoms with van der Waals surface area (Å²) in [6.07, 6.45) is 4.01. The zero-order chi connectivity index (χ0) is 19.4. The van der Waals surface area contributed by atoms with Gasteiger partial charge in [-0.3, -0.25) is 0 Å². The fourth-order valence-electron chi connectivity index (χ4n) is 3.41. The van der Waals surface area contributed by atoms with Crippen molar-refractivity contribution in [1.29, 1.82) is 0 Å². The van der Waals surface area contributed by atoms with Gasteiger partial charge in [-0.15, -0.1) is 0 Å². The molecule has 27 heavy (non-hydrogen) atoms. The first-order valence-electron chi connectivity index (χ1n) is 9.27. The number of hydrogen-bond acceptors (Lipinski definition) is 6. The molecule has 3 rings (SSSR count). The third-order valence-electron chi connectivity index (χ3n) is 4.76. The maximum absolute atomic E-state index is 12.2. The molecule has 0 amide bonds. The van der Waals surface area contributed by atoms with E-state index < -0.39 is 10.0 Å². The van der Waals surface area contributed by atoms with Gasteiger partial charge in [-0.2, -0.15) is 9.29 Å². The van der Waals surface area contributed by atoms with Gasteiger partial charge in [-0.1, -0.05) is 35.0 Å². The predicted molar refractivity (Wildman–Crippen MR) is 102 cm³/mol. The highest BCUT2D eigenvalue weighted by Gasteiger charge is 2.33. The summed E-state index contributed by atoms with van der Waals surface area (Å²) in [4.78, 5) is 4.21. The highest BCUT2D eigenvalue weighted by molar-refractivity contribution is 7.88. The molecule has 2 atom stereocenters. The minimum absolute atomic E-state index is 0.157. The van der Waals surface area contributed by atoms with Gasteiger partial charge in [-0.05, 0) is 45.1 Å². The minimum Gasteiger partial charge on any atom is -0.364 e. The van der Waals surface area contributed by atoms with Crippen LogP contribution in [0.1, 0.15) is 48.2 Å². The van der Waals surface area contributed by atoms with E-state index in [0.29, 0.717) is 24.8 Å². The normalized spacial score (nSPS) is 20.4. The Morgan fingerprint density at radius 1 is 1.26 bits per heavy atom. The standard InChI is InChI=1S/C19H27N3O4S/c1-14-6-4-7-16(12-14)8-5-11-22(27(3,23)24)13-17-9-10-18(25-17)19-20-15(2)21-26-19/h4,6-7,12,17-18H,5,8-11,13H2,1-3H3/t17-,18+/m1/s1. The average molecular weight is 394 g/mol. The van der Waals surface area contributed by atoms with E-state index in [9.17, 15) is 8.42 Å². The molecule has 1 saturated heterocycles. The van der Waals surface area contributed by atoms with Crippen molar-refractivity contribution in [1.82, 2.24) is 14.4 Å². The number of sulfonamides is 1. The summed E-state index contributed by atoms with van der Waals surface area (Å²) in [5.41, 5.74) is 2.45. The van der Waals surface area contributed by atoms with Gasteiger partial charge in [0.25, 0.3) is 5.89 Å². The Kier molecular flexibility index (Phi) is 6.29. The van der Waals surface area contributed by atoms with Crippen molar-refractivity contribution in [2.24, 2.45) is 0 Å². The first-order chi connectivity index (χ1) is 12.8. The topological polar surface area (TPSA) is 85.5 Å². The largest absolute Gasteiger partial charge is 0.364 e. The van der Waals surface area contributed by atoms with Crippen LogP contribution in [0.3, 0.4) is 0 Å². The Morgan fingerprint density at radius 2 is 2.07 bits per heavy atom. The molecule has 0 bridgehead atoms. The maximum atomic E-state index is 12.2. The van der Waals surface area contributed by atoms with Crippen LogP contribution >= 0.6 is 0 Å². The molecule has 2 heterocycles. The Hall–Kier alpha value is -1.77. The van der Waals surface area contributed by atoms with E-state index in [1.807, 2.05) is 6.07 Å². The molecule has 2 aromatic rings. The Morgan fingerprint density at radius 3 is 2.74 bits per heavy atom. The van der Waals surface area contributed by atoms with Crippen molar-refractivity contribution in [2.45, 2.75) is 51.7 Å². The molecule has 0 unspecified atom stereocenters. The van der Waals surface area contributed by atoms with Crippen molar-refractivity contribution >= 4 is 10.0 Å². The molecule has 1 aliphatic rings. The van der Waals surface area contributed by atoms with E-state index >= 15 is 0 Å². The second-order valence-corrected chi connectivity index (χ2v) is 9.20. The molecular formula is C19H27N3O4S. The number of rotatable bonds is 8. The number of aryl methyl sites for hydroxylation is 3. The zero-order valence-corrected chi connectivity index (χ0v) is 16.9. The summed E-state index contributed by atoms with van der Waals surface area (Å²) in [5.74, 6) is 1.05. The van der Waals surface area contributed by atoms with Crippen molar-refractivity contribution in [3.05, 3.63) is 47.1 Å². The lowest BCUT2D eigenvalue weighted by Gasteiger charge is -2.23. The molecule has 1 aromatic heterocycles. The second kappa shape index (κ2) is 8.50. The Bertz CT molecular complexity index is 865. The fourth-order valence-corrected chi connectivity index (χ4v) is 4.31. The number of ether oxygens (including phenoxy) is 1. The Balaban J connectivity index is 1.54. The highest BCUT2D eigenvalue weighted by atomic mass is 32.2. The van der Waals surface area contributed by atoms with Crippen LogP contribution in [0.4, 0.5) is 0 Å². The molecule has 1 aliphatic heterocycles. The second-order valence-electron chi connectivity index (χ2n) is 7.22. The first-order valence-corrected chi connectivity index (χ1v) is 11.1. The van der Waals surface area contributed by atoms with E-state index in [-0.39, 0.29) is 12.2 Å². The molecule has 7 nitrogen and oxygen atoms in total. The van der Waals surface area contributed by atoms with Gasteiger partial charge >= 0.3 is 0 Å². The van der Waals surface area contributed by atoms with Crippen molar-refractivity contribution in [3.8, 4) is 0 Å². The third kappa shape index (κ3) is 5.60. The van der Waals surface area contributed by atoms with Crippen LogP contribution < -0.4 is 0 Å². The van der Waals surface area contributed by atoms with Crippen molar-refractivity contribution < 1.29 is 17.7 Å². The van der Waals surface area contributed by atoms with Crippen LogP contribution in [0.2, 0.25) is 0 Å². The summed E-state index contributed by atoms with van der Waals surface area (Å²) >= 11 is 0. The van der Waals surface area contributed by atoms with Crippen LogP contribution in [0.15, 0.2) is 28.8 Å². The number of nitrogens with zero attached hydrogens (tertiary/aromatic N) is 3. The highest BCUT2D eigenvalue weighted by Crippen LogP contribution is 2.32. The van der Waals surface area contributed by atoms with Crippen LogP contribution in [0.25, 0.3) is 0 Å². The van der Waals surface area contributed by atoms with Gasteiger partial charge in [-0.25, -0.2) is 8.42 Å². The molecule has 148 valence electrons. The number of hydrogen-bond donors (Lipinski definition) is 0. The van der Waals surface area contributed by atoms with E-state index in [4.69, 9.17) is 9.26 Å².